The van der Waals surface area contributed by atoms with Crippen LogP contribution in [-0.2, 0) is 0 Å². The molecule has 0 saturated carbocycles. The summed E-state index contributed by atoms with van der Waals surface area (Å²) < 4.78 is 11.8. The van der Waals surface area contributed by atoms with Gasteiger partial charge in [-0.15, -0.1) is 0 Å². The van der Waals surface area contributed by atoms with Gasteiger partial charge in [0.1, 0.15) is 6.80 Å². The Labute approximate surface area is 62.4 Å². The second-order valence-corrected chi connectivity index (χ2v) is 2.71. The second-order valence-electron chi connectivity index (χ2n) is 2.71. The molecule has 0 heterocycles. The lowest BCUT2D eigenvalue weighted by Gasteiger charge is -2.18. The molecule has 1 N–H and O–H groups in total. The van der Waals surface area contributed by atoms with Gasteiger partial charge in [-0.1, -0.05) is 6.92 Å². The molecule has 0 aromatic heterocycles. The first kappa shape index (κ1) is 9.85. The second kappa shape index (κ2) is 5.62. The Balaban J connectivity index is 3.39. The van der Waals surface area contributed by atoms with Gasteiger partial charge in [0.2, 0.25) is 0 Å². The van der Waals surface area contributed by atoms with Gasteiger partial charge in [0, 0.05) is 12.6 Å². The summed E-state index contributed by atoms with van der Waals surface area (Å²) in [6, 6.07) is 0.292. The van der Waals surface area contributed by atoms with Crippen LogP contribution in [0.2, 0.25) is 0 Å². The number of halogens is 1. The number of nitrogens with one attached hydrogen (secondary N) is 1. The Morgan fingerprint density at radius 3 is 2.40 bits per heavy atom. The number of alkyl halides is 1. The van der Waals surface area contributed by atoms with Crippen molar-refractivity contribution in [3.05, 3.63) is 0 Å². The zero-order valence-corrected chi connectivity index (χ0v) is 7.02. The molecule has 1 atom stereocenters. The third kappa shape index (κ3) is 4.70. The van der Waals surface area contributed by atoms with Crippen LogP contribution in [0.15, 0.2) is 0 Å². The molecular weight excluding hydrogens is 131 g/mol. The van der Waals surface area contributed by atoms with Gasteiger partial charge >= 0.3 is 0 Å². The summed E-state index contributed by atoms with van der Waals surface area (Å²) in [5.41, 5.74) is 0. The van der Waals surface area contributed by atoms with E-state index in [9.17, 15) is 4.39 Å². The number of hydrogen-bond donors (Lipinski definition) is 1. The molecule has 62 valence electrons. The lowest BCUT2D eigenvalue weighted by atomic mass is 10.2. The van der Waals surface area contributed by atoms with Crippen LogP contribution in [0.3, 0.4) is 0 Å². The zero-order valence-electron chi connectivity index (χ0n) is 7.02. The van der Waals surface area contributed by atoms with E-state index >= 15 is 0 Å². The van der Waals surface area contributed by atoms with Crippen molar-refractivity contribution in [2.45, 2.75) is 19.4 Å². The SMILES string of the molecule is CCC(CN(C)C)NCF. The van der Waals surface area contributed by atoms with Crippen molar-refractivity contribution in [2.75, 3.05) is 27.4 Å². The van der Waals surface area contributed by atoms with E-state index in [4.69, 9.17) is 0 Å². The molecule has 0 aliphatic carbocycles. The monoisotopic (exact) mass is 148 g/mol. The Morgan fingerprint density at radius 1 is 1.50 bits per heavy atom. The molecule has 2 nitrogen and oxygen atoms in total. The fourth-order valence-corrected chi connectivity index (χ4v) is 0.888. The quantitative estimate of drug-likeness (QED) is 0.581. The summed E-state index contributed by atoms with van der Waals surface area (Å²) in [6.45, 7) is 2.53. The van der Waals surface area contributed by atoms with Crippen molar-refractivity contribution in [1.82, 2.24) is 10.2 Å². The summed E-state index contributed by atoms with van der Waals surface area (Å²) in [5.74, 6) is 0. The zero-order chi connectivity index (χ0) is 7.98. The fourth-order valence-electron chi connectivity index (χ4n) is 0.888. The first-order chi connectivity index (χ1) is 4.70. The van der Waals surface area contributed by atoms with Crippen molar-refractivity contribution >= 4 is 0 Å². The maximum Gasteiger partial charge on any atom is 0.140 e. The average molecular weight is 148 g/mol. The highest BCUT2D eigenvalue weighted by Gasteiger charge is 2.04. The maximum atomic E-state index is 11.8. The number of nitrogens with zero attached hydrogens (tertiary/aromatic N) is 1. The van der Waals surface area contributed by atoms with Crippen LogP contribution in [0.1, 0.15) is 13.3 Å². The van der Waals surface area contributed by atoms with Gasteiger partial charge in [-0.25, -0.2) is 4.39 Å². The first-order valence-electron chi connectivity index (χ1n) is 3.64. The minimum absolute atomic E-state index is 0.292. The molecule has 0 saturated heterocycles. The minimum Gasteiger partial charge on any atom is -0.308 e. The number of likely N-dealkylation sites (N-methyl/N-ethyl adjacent to an activating group) is 1. The highest BCUT2D eigenvalue weighted by atomic mass is 19.1. The van der Waals surface area contributed by atoms with E-state index in [0.29, 0.717) is 6.04 Å². The van der Waals surface area contributed by atoms with E-state index in [-0.39, 0.29) is 0 Å². The van der Waals surface area contributed by atoms with Crippen LogP contribution in [0.5, 0.6) is 0 Å². The predicted molar refractivity (Wildman–Crippen MR) is 41.7 cm³/mol. The normalized spacial score (nSPS) is 14.1. The van der Waals surface area contributed by atoms with Crippen LogP contribution in [0, 0.1) is 0 Å². The van der Waals surface area contributed by atoms with Crippen molar-refractivity contribution in [1.29, 1.82) is 0 Å². The van der Waals surface area contributed by atoms with Gasteiger partial charge in [-0.3, -0.25) is 5.32 Å². The molecule has 0 aromatic rings. The Bertz CT molecular complexity index is 76.0. The van der Waals surface area contributed by atoms with E-state index in [1.165, 1.54) is 0 Å². The number of rotatable bonds is 5. The van der Waals surface area contributed by atoms with Gasteiger partial charge < -0.3 is 4.90 Å². The van der Waals surface area contributed by atoms with E-state index in [1.54, 1.807) is 0 Å². The Hall–Kier alpha value is -0.150. The summed E-state index contributed by atoms with van der Waals surface area (Å²) in [5, 5.41) is 2.76. The molecule has 0 amide bonds. The van der Waals surface area contributed by atoms with Gasteiger partial charge in [0.05, 0.1) is 0 Å². The molecule has 0 aliphatic rings. The standard InChI is InChI=1S/C7H17FN2/c1-4-7(9-6-8)5-10(2)3/h7,9H,4-6H2,1-3H3. The summed E-state index contributed by atoms with van der Waals surface area (Å²) in [6.07, 6.45) is 0.974. The molecule has 3 heteroatoms. The third-order valence-corrected chi connectivity index (χ3v) is 1.44. The summed E-state index contributed by atoms with van der Waals surface area (Å²) in [7, 11) is 3.98. The summed E-state index contributed by atoms with van der Waals surface area (Å²) >= 11 is 0. The van der Waals surface area contributed by atoms with Crippen molar-refractivity contribution in [3.8, 4) is 0 Å². The van der Waals surface area contributed by atoms with Gasteiger partial charge in [0.25, 0.3) is 0 Å². The molecule has 0 radical (unpaired) electrons. The average Bonchev–Trinajstić information content (AvgIpc) is 1.86. The molecular formula is C7H17FN2. The molecule has 10 heavy (non-hydrogen) atoms. The van der Waals surface area contributed by atoms with Crippen LogP contribution >= 0.6 is 0 Å². The van der Waals surface area contributed by atoms with E-state index in [0.717, 1.165) is 13.0 Å². The molecule has 0 spiro atoms. The molecule has 0 rings (SSSR count). The third-order valence-electron chi connectivity index (χ3n) is 1.44. The van der Waals surface area contributed by atoms with Gasteiger partial charge in [-0.2, -0.15) is 0 Å². The fraction of sp³-hybridized carbons (Fsp3) is 1.00. The van der Waals surface area contributed by atoms with Crippen LogP contribution in [0.25, 0.3) is 0 Å². The van der Waals surface area contributed by atoms with Crippen LogP contribution in [0.4, 0.5) is 4.39 Å². The lowest BCUT2D eigenvalue weighted by molar-refractivity contribution is 0.297. The first-order valence-corrected chi connectivity index (χ1v) is 3.64. The molecule has 0 fully saturated rings. The molecule has 0 aromatic carbocycles. The Kier molecular flexibility index (Phi) is 5.54. The van der Waals surface area contributed by atoms with Crippen molar-refractivity contribution in [2.24, 2.45) is 0 Å². The van der Waals surface area contributed by atoms with E-state index in [2.05, 4.69) is 17.1 Å². The lowest BCUT2D eigenvalue weighted by Crippen LogP contribution is -2.37. The smallest absolute Gasteiger partial charge is 0.140 e. The summed E-state index contributed by atoms with van der Waals surface area (Å²) in [4.78, 5) is 2.05. The maximum absolute atomic E-state index is 11.8. The highest BCUT2D eigenvalue weighted by molar-refractivity contribution is 4.64. The van der Waals surface area contributed by atoms with Gasteiger partial charge in [0.15, 0.2) is 0 Å². The van der Waals surface area contributed by atoms with E-state index < -0.39 is 6.80 Å². The van der Waals surface area contributed by atoms with Crippen LogP contribution < -0.4 is 5.32 Å². The highest BCUT2D eigenvalue weighted by Crippen LogP contribution is 1.91. The van der Waals surface area contributed by atoms with E-state index in [1.807, 2.05) is 14.1 Å². The Morgan fingerprint density at radius 2 is 2.10 bits per heavy atom. The largest absolute Gasteiger partial charge is 0.308 e. The molecule has 0 aliphatic heterocycles. The van der Waals surface area contributed by atoms with Crippen LogP contribution in [-0.4, -0.2) is 38.4 Å². The van der Waals surface area contributed by atoms with Gasteiger partial charge in [-0.05, 0) is 20.5 Å². The topological polar surface area (TPSA) is 15.3 Å². The predicted octanol–water partition coefficient (Wildman–Crippen LogP) is 0.843. The molecule has 1 unspecified atom stereocenters. The van der Waals surface area contributed by atoms with Crippen molar-refractivity contribution < 1.29 is 4.39 Å². The number of hydrogen-bond acceptors (Lipinski definition) is 2. The molecule has 0 bridgehead atoms. The minimum atomic E-state index is -0.424. The van der Waals surface area contributed by atoms with Crippen molar-refractivity contribution in [3.63, 3.8) is 0 Å².